The Morgan fingerprint density at radius 3 is 2.35 bits per heavy atom. The largest absolute Gasteiger partial charge is 0.496 e. The van der Waals surface area contributed by atoms with E-state index in [-0.39, 0.29) is 49.1 Å². The van der Waals surface area contributed by atoms with Gasteiger partial charge in [-0.15, -0.1) is 0 Å². The summed E-state index contributed by atoms with van der Waals surface area (Å²) in [5.74, 6) is -3.19. The molecule has 51 heavy (non-hydrogen) atoms. The number of halogens is 1. The molecule has 1 saturated carbocycles. The van der Waals surface area contributed by atoms with E-state index >= 15 is 4.39 Å². The first-order chi connectivity index (χ1) is 24.2. The van der Waals surface area contributed by atoms with Crippen molar-refractivity contribution in [1.29, 1.82) is 0 Å². The minimum Gasteiger partial charge on any atom is -0.496 e. The second-order valence-corrected chi connectivity index (χ2v) is 14.5. The van der Waals surface area contributed by atoms with Gasteiger partial charge in [-0.05, 0) is 82.2 Å². The van der Waals surface area contributed by atoms with Crippen LogP contribution in [0.25, 0.3) is 10.8 Å². The predicted molar refractivity (Wildman–Crippen MR) is 187 cm³/mol. The molecule has 2 atom stereocenters. The summed E-state index contributed by atoms with van der Waals surface area (Å²) in [6.45, 7) is 7.52. The van der Waals surface area contributed by atoms with E-state index in [0.717, 1.165) is 22.4 Å². The number of hydrogen-bond donors (Lipinski definition) is 1. The van der Waals surface area contributed by atoms with Crippen molar-refractivity contribution < 1.29 is 47.3 Å². The van der Waals surface area contributed by atoms with Crippen LogP contribution >= 0.6 is 0 Å². The van der Waals surface area contributed by atoms with Gasteiger partial charge in [0.2, 0.25) is 0 Å². The van der Waals surface area contributed by atoms with E-state index in [2.05, 4.69) is 5.32 Å². The van der Waals surface area contributed by atoms with Crippen LogP contribution in [-0.4, -0.2) is 73.9 Å². The highest BCUT2D eigenvalue weighted by Gasteiger charge is 2.41. The molecule has 5 rings (SSSR count). The summed E-state index contributed by atoms with van der Waals surface area (Å²) in [6, 6.07) is 15.6. The highest BCUT2D eigenvalue weighted by molar-refractivity contribution is 5.98. The number of carbonyl (C=O) groups excluding carboxylic acids is 4. The van der Waals surface area contributed by atoms with E-state index in [1.165, 1.54) is 25.2 Å². The van der Waals surface area contributed by atoms with Gasteiger partial charge < -0.3 is 33.9 Å². The maximum absolute atomic E-state index is 15.3. The molecule has 11 nitrogen and oxygen atoms in total. The average molecular weight is 707 g/mol. The van der Waals surface area contributed by atoms with Gasteiger partial charge in [-0.2, -0.15) is 0 Å². The molecule has 12 heteroatoms. The number of esters is 2. The molecule has 1 aliphatic heterocycles. The fraction of sp³-hybridized carbons (Fsp3) is 0.487. The molecule has 2 aliphatic rings. The standard InChI is InChI=1S/C39H47FN2O9/c1-38(2,3)51-37(46)42-19-16-31(29(22-42)35(44)48-6)41-34(43)28-20-33(30(40)21-32(28)47-5)50-26-14-17-39(4,18-15-26)36(45)49-23-25-12-9-11-24-10-7-8-13-27(24)25/h7-13,20-21,26,29,31H,14-19,22-23H2,1-6H3,(H,41,43)/t26-,29-,31+,39+/m0/s1. The molecule has 2 amide bonds. The monoisotopic (exact) mass is 706 g/mol. The number of hydrogen-bond acceptors (Lipinski definition) is 9. The van der Waals surface area contributed by atoms with Crippen molar-refractivity contribution in [3.63, 3.8) is 0 Å². The summed E-state index contributed by atoms with van der Waals surface area (Å²) in [5, 5.41) is 4.98. The number of fused-ring (bicyclic) bond motifs is 1. The molecule has 274 valence electrons. The number of nitrogens with one attached hydrogen (secondary N) is 1. The van der Waals surface area contributed by atoms with Crippen molar-refractivity contribution in [2.45, 2.75) is 84.2 Å². The Morgan fingerprint density at radius 2 is 1.67 bits per heavy atom. The molecule has 1 aliphatic carbocycles. The second kappa shape index (κ2) is 15.6. The molecule has 0 radical (unpaired) electrons. The molecule has 1 N–H and O–H groups in total. The lowest BCUT2D eigenvalue weighted by Gasteiger charge is -2.38. The third-order valence-corrected chi connectivity index (χ3v) is 9.64. The van der Waals surface area contributed by atoms with Gasteiger partial charge in [0.1, 0.15) is 18.0 Å². The van der Waals surface area contributed by atoms with Crippen LogP contribution in [0.5, 0.6) is 11.5 Å². The van der Waals surface area contributed by atoms with Gasteiger partial charge in [0.15, 0.2) is 11.6 Å². The Balaban J connectivity index is 1.21. The van der Waals surface area contributed by atoms with Crippen molar-refractivity contribution in [3.05, 3.63) is 71.5 Å². The van der Waals surface area contributed by atoms with Crippen molar-refractivity contribution in [2.24, 2.45) is 11.3 Å². The molecule has 3 aromatic carbocycles. The number of amides is 2. The van der Waals surface area contributed by atoms with Crippen LogP contribution in [0.15, 0.2) is 54.6 Å². The quantitative estimate of drug-likeness (QED) is 0.194. The van der Waals surface area contributed by atoms with E-state index in [4.69, 9.17) is 23.7 Å². The van der Waals surface area contributed by atoms with Crippen molar-refractivity contribution in [3.8, 4) is 11.5 Å². The summed E-state index contributed by atoms with van der Waals surface area (Å²) < 4.78 is 42.9. The Bertz CT molecular complexity index is 1760. The predicted octanol–water partition coefficient (Wildman–Crippen LogP) is 6.59. The number of rotatable bonds is 9. The van der Waals surface area contributed by atoms with Crippen LogP contribution in [-0.2, 0) is 30.4 Å². The number of benzene rings is 3. The lowest BCUT2D eigenvalue weighted by Crippen LogP contribution is -2.55. The lowest BCUT2D eigenvalue weighted by atomic mass is 9.74. The van der Waals surface area contributed by atoms with E-state index in [0.29, 0.717) is 25.7 Å². The highest BCUT2D eigenvalue weighted by atomic mass is 19.1. The number of carbonyl (C=O) groups is 4. The van der Waals surface area contributed by atoms with E-state index < -0.39 is 52.9 Å². The summed E-state index contributed by atoms with van der Waals surface area (Å²) in [6.07, 6.45) is 1.20. The zero-order valence-corrected chi connectivity index (χ0v) is 30.1. The fourth-order valence-electron chi connectivity index (χ4n) is 6.69. The van der Waals surface area contributed by atoms with Gasteiger partial charge in [-0.3, -0.25) is 14.4 Å². The highest BCUT2D eigenvalue weighted by Crippen LogP contribution is 2.40. The van der Waals surface area contributed by atoms with E-state index in [1.54, 1.807) is 20.8 Å². The number of nitrogens with zero attached hydrogens (tertiary/aromatic N) is 1. The summed E-state index contributed by atoms with van der Waals surface area (Å²) in [5.41, 5.74) is -0.485. The van der Waals surface area contributed by atoms with Crippen LogP contribution in [0, 0.1) is 17.2 Å². The molecule has 2 fully saturated rings. The van der Waals surface area contributed by atoms with Crippen LogP contribution < -0.4 is 14.8 Å². The topological polar surface area (TPSA) is 130 Å². The smallest absolute Gasteiger partial charge is 0.410 e. The molecule has 0 spiro atoms. The summed E-state index contributed by atoms with van der Waals surface area (Å²) >= 11 is 0. The summed E-state index contributed by atoms with van der Waals surface area (Å²) in [7, 11) is 2.56. The molecule has 1 saturated heterocycles. The van der Waals surface area contributed by atoms with E-state index in [1.807, 2.05) is 49.4 Å². The molecular formula is C39H47FN2O9. The maximum atomic E-state index is 15.3. The third-order valence-electron chi connectivity index (χ3n) is 9.64. The number of ether oxygens (including phenoxy) is 5. The molecule has 3 aromatic rings. The fourth-order valence-corrected chi connectivity index (χ4v) is 6.69. The van der Waals surface area contributed by atoms with Crippen LogP contribution in [0.3, 0.4) is 0 Å². The Hall–Kier alpha value is -4.87. The first kappa shape index (κ1) is 37.4. The normalized spacial score (nSPS) is 22.1. The van der Waals surface area contributed by atoms with Gasteiger partial charge in [0.05, 0.1) is 37.2 Å². The molecule has 0 bridgehead atoms. The van der Waals surface area contributed by atoms with E-state index in [9.17, 15) is 19.2 Å². The molecule has 0 aromatic heterocycles. The second-order valence-electron chi connectivity index (χ2n) is 14.5. The first-order valence-corrected chi connectivity index (χ1v) is 17.3. The summed E-state index contributed by atoms with van der Waals surface area (Å²) in [4.78, 5) is 53.8. The minimum absolute atomic E-state index is 0.0108. The molecular weight excluding hydrogens is 659 g/mol. The number of piperidine rings is 1. The van der Waals surface area contributed by atoms with Gasteiger partial charge in [-0.1, -0.05) is 42.5 Å². The van der Waals surface area contributed by atoms with Crippen molar-refractivity contribution >= 4 is 34.7 Å². The zero-order chi connectivity index (χ0) is 36.9. The van der Waals surface area contributed by atoms with Crippen molar-refractivity contribution in [2.75, 3.05) is 27.3 Å². The average Bonchev–Trinajstić information content (AvgIpc) is 3.11. The van der Waals surface area contributed by atoms with Gasteiger partial charge in [-0.25, -0.2) is 9.18 Å². The Morgan fingerprint density at radius 1 is 0.961 bits per heavy atom. The van der Waals surface area contributed by atoms with Gasteiger partial charge in [0.25, 0.3) is 5.91 Å². The number of likely N-dealkylation sites (tertiary alicyclic amines) is 1. The van der Waals surface area contributed by atoms with Gasteiger partial charge in [0, 0.05) is 25.2 Å². The van der Waals surface area contributed by atoms with Crippen LogP contribution in [0.4, 0.5) is 9.18 Å². The Kier molecular flexibility index (Phi) is 11.4. The maximum Gasteiger partial charge on any atom is 0.410 e. The first-order valence-electron chi connectivity index (χ1n) is 17.3. The Labute approximate surface area is 297 Å². The minimum atomic E-state index is -0.863. The SMILES string of the molecule is COC(=O)[C@H]1CN(C(=O)OC(C)(C)C)CC[C@H]1NC(=O)c1cc(O[C@H]2CC[C@@](C)(C(=O)OCc3cccc4ccccc34)CC2)c(F)cc1OC. The van der Waals surface area contributed by atoms with Crippen molar-refractivity contribution in [1.82, 2.24) is 10.2 Å². The lowest BCUT2D eigenvalue weighted by molar-refractivity contribution is -0.159. The third kappa shape index (κ3) is 8.90. The zero-order valence-electron chi connectivity index (χ0n) is 30.1. The van der Waals surface area contributed by atoms with Crippen LogP contribution in [0.2, 0.25) is 0 Å². The van der Waals surface area contributed by atoms with Gasteiger partial charge >= 0.3 is 18.0 Å². The van der Waals surface area contributed by atoms with Crippen LogP contribution in [0.1, 0.15) is 75.7 Å². The molecule has 0 unspecified atom stereocenters. The number of methoxy groups -OCH3 is 2. The molecule has 1 heterocycles.